The molecule has 0 amide bonds. The van der Waals surface area contributed by atoms with E-state index in [1.54, 1.807) is 22.7 Å². The van der Waals surface area contributed by atoms with Gasteiger partial charge in [-0.3, -0.25) is 0 Å². The van der Waals surface area contributed by atoms with Crippen LogP contribution >= 0.6 is 22.7 Å². The molecule has 0 spiro atoms. The van der Waals surface area contributed by atoms with Gasteiger partial charge in [-0.25, -0.2) is 4.98 Å². The highest BCUT2D eigenvalue weighted by Gasteiger charge is 2.07. The van der Waals surface area contributed by atoms with Crippen LogP contribution in [0.25, 0.3) is 10.6 Å². The van der Waals surface area contributed by atoms with Crippen molar-refractivity contribution in [3.63, 3.8) is 0 Å². The molecule has 2 aromatic rings. The molecule has 1 N–H and O–H groups in total. The lowest BCUT2D eigenvalue weighted by Gasteiger charge is -1.96. The Morgan fingerprint density at radius 2 is 2.20 bits per heavy atom. The van der Waals surface area contributed by atoms with Crippen LogP contribution in [0.5, 0.6) is 0 Å². The van der Waals surface area contributed by atoms with Crippen LogP contribution in [0.1, 0.15) is 18.2 Å². The molecule has 2 aromatic heterocycles. The van der Waals surface area contributed by atoms with Crippen molar-refractivity contribution in [2.75, 3.05) is 6.54 Å². The zero-order chi connectivity index (χ0) is 10.7. The first kappa shape index (κ1) is 10.8. The summed E-state index contributed by atoms with van der Waals surface area (Å²) in [4.78, 5) is 4.61. The summed E-state index contributed by atoms with van der Waals surface area (Å²) >= 11 is 3.47. The largest absolute Gasteiger partial charge is 0.311 e. The van der Waals surface area contributed by atoms with Crippen LogP contribution in [0, 0.1) is 6.92 Å². The third-order valence-corrected chi connectivity index (χ3v) is 3.98. The normalized spacial score (nSPS) is 10.8. The molecular weight excluding hydrogens is 224 g/mol. The Labute approximate surface area is 98.0 Å². The number of hydrogen-bond acceptors (Lipinski definition) is 4. The number of aryl methyl sites for hydroxylation is 1. The summed E-state index contributed by atoms with van der Waals surface area (Å²) in [6.45, 7) is 6.11. The van der Waals surface area contributed by atoms with Crippen molar-refractivity contribution in [1.29, 1.82) is 0 Å². The monoisotopic (exact) mass is 238 g/mol. The molecule has 80 valence electrons. The van der Waals surface area contributed by atoms with Crippen LogP contribution in [0.4, 0.5) is 0 Å². The molecule has 15 heavy (non-hydrogen) atoms. The van der Waals surface area contributed by atoms with Crippen LogP contribution in [0.15, 0.2) is 16.1 Å². The van der Waals surface area contributed by atoms with E-state index in [1.807, 2.05) is 0 Å². The summed E-state index contributed by atoms with van der Waals surface area (Å²) in [5, 5.41) is 10.9. The SMILES string of the molecule is CCNCc1csc(-c2cscc2C)n1. The molecule has 0 aliphatic rings. The molecule has 0 aromatic carbocycles. The van der Waals surface area contributed by atoms with Gasteiger partial charge >= 0.3 is 0 Å². The Balaban J connectivity index is 2.17. The summed E-state index contributed by atoms with van der Waals surface area (Å²) in [5.74, 6) is 0. The Hall–Kier alpha value is -0.710. The maximum Gasteiger partial charge on any atom is 0.124 e. The number of thiophene rings is 1. The van der Waals surface area contributed by atoms with E-state index in [0.29, 0.717) is 0 Å². The number of thiazole rings is 1. The predicted molar refractivity (Wildman–Crippen MR) is 67.5 cm³/mol. The highest BCUT2D eigenvalue weighted by atomic mass is 32.1. The molecule has 0 unspecified atom stereocenters. The summed E-state index contributed by atoms with van der Waals surface area (Å²) in [6, 6.07) is 0. The average molecular weight is 238 g/mol. The number of nitrogens with zero attached hydrogens (tertiary/aromatic N) is 1. The van der Waals surface area contributed by atoms with Gasteiger partial charge in [0.1, 0.15) is 5.01 Å². The maximum absolute atomic E-state index is 4.61. The van der Waals surface area contributed by atoms with Gasteiger partial charge in [0.25, 0.3) is 0 Å². The van der Waals surface area contributed by atoms with Crippen LogP contribution in [-0.2, 0) is 6.54 Å². The molecule has 4 heteroatoms. The Bertz CT molecular complexity index is 431. The molecular formula is C11H14N2S2. The first-order valence-electron chi connectivity index (χ1n) is 4.99. The predicted octanol–water partition coefficient (Wildman–Crippen LogP) is 3.29. The van der Waals surface area contributed by atoms with Crippen molar-refractivity contribution in [3.8, 4) is 10.6 Å². The van der Waals surface area contributed by atoms with E-state index >= 15 is 0 Å². The van der Waals surface area contributed by atoms with E-state index < -0.39 is 0 Å². The molecule has 0 atom stereocenters. The van der Waals surface area contributed by atoms with Gasteiger partial charge in [-0.05, 0) is 24.4 Å². The lowest BCUT2D eigenvalue weighted by molar-refractivity contribution is 0.715. The Kier molecular flexibility index (Phi) is 3.51. The Morgan fingerprint density at radius 3 is 2.87 bits per heavy atom. The topological polar surface area (TPSA) is 24.9 Å². The van der Waals surface area contributed by atoms with Crippen LogP contribution in [0.2, 0.25) is 0 Å². The van der Waals surface area contributed by atoms with Crippen LogP contribution in [-0.4, -0.2) is 11.5 Å². The maximum atomic E-state index is 4.61. The minimum atomic E-state index is 0.871. The van der Waals surface area contributed by atoms with Crippen molar-refractivity contribution < 1.29 is 0 Å². The third kappa shape index (κ3) is 2.45. The zero-order valence-electron chi connectivity index (χ0n) is 8.91. The number of nitrogens with one attached hydrogen (secondary N) is 1. The molecule has 0 fully saturated rings. The molecule has 0 aliphatic carbocycles. The van der Waals surface area contributed by atoms with Gasteiger partial charge in [-0.2, -0.15) is 11.3 Å². The fraction of sp³-hybridized carbons (Fsp3) is 0.364. The standard InChI is InChI=1S/C11H14N2S2/c1-3-12-4-9-6-15-11(13-9)10-7-14-5-8(10)2/h5-7,12H,3-4H2,1-2H3. The first-order chi connectivity index (χ1) is 7.31. The minimum Gasteiger partial charge on any atom is -0.311 e. The molecule has 0 saturated carbocycles. The fourth-order valence-corrected chi connectivity index (χ4v) is 3.15. The van der Waals surface area contributed by atoms with Gasteiger partial charge < -0.3 is 5.32 Å². The first-order valence-corrected chi connectivity index (χ1v) is 6.81. The van der Waals surface area contributed by atoms with Gasteiger partial charge in [0.2, 0.25) is 0 Å². The van der Waals surface area contributed by atoms with Gasteiger partial charge in [0, 0.05) is 22.9 Å². The number of hydrogen-bond donors (Lipinski definition) is 1. The zero-order valence-corrected chi connectivity index (χ0v) is 10.5. The van der Waals surface area contributed by atoms with E-state index in [-0.39, 0.29) is 0 Å². The minimum absolute atomic E-state index is 0.871. The highest BCUT2D eigenvalue weighted by molar-refractivity contribution is 7.14. The van der Waals surface area contributed by atoms with Crippen molar-refractivity contribution in [2.24, 2.45) is 0 Å². The molecule has 2 nitrogen and oxygen atoms in total. The van der Waals surface area contributed by atoms with Crippen molar-refractivity contribution in [2.45, 2.75) is 20.4 Å². The fourth-order valence-electron chi connectivity index (χ4n) is 1.34. The third-order valence-electron chi connectivity index (χ3n) is 2.19. The molecule has 0 bridgehead atoms. The lowest BCUT2D eigenvalue weighted by Crippen LogP contribution is -2.11. The van der Waals surface area contributed by atoms with Gasteiger partial charge in [0.15, 0.2) is 0 Å². The summed E-state index contributed by atoms with van der Waals surface area (Å²) in [6.07, 6.45) is 0. The van der Waals surface area contributed by atoms with Crippen molar-refractivity contribution in [1.82, 2.24) is 10.3 Å². The quantitative estimate of drug-likeness (QED) is 0.884. The lowest BCUT2D eigenvalue weighted by atomic mass is 10.2. The van der Waals surface area contributed by atoms with Gasteiger partial charge in [-0.1, -0.05) is 6.92 Å². The smallest absolute Gasteiger partial charge is 0.124 e. The second kappa shape index (κ2) is 4.88. The highest BCUT2D eigenvalue weighted by Crippen LogP contribution is 2.29. The van der Waals surface area contributed by atoms with E-state index in [2.05, 4.69) is 40.3 Å². The van der Waals surface area contributed by atoms with Crippen LogP contribution < -0.4 is 5.32 Å². The van der Waals surface area contributed by atoms with E-state index in [0.717, 1.165) is 23.8 Å². The van der Waals surface area contributed by atoms with E-state index in [9.17, 15) is 0 Å². The second-order valence-corrected chi connectivity index (χ2v) is 4.99. The van der Waals surface area contributed by atoms with Gasteiger partial charge in [0.05, 0.1) is 5.69 Å². The van der Waals surface area contributed by atoms with Crippen molar-refractivity contribution >= 4 is 22.7 Å². The summed E-state index contributed by atoms with van der Waals surface area (Å²) in [7, 11) is 0. The number of rotatable bonds is 4. The molecule has 2 rings (SSSR count). The Morgan fingerprint density at radius 1 is 1.33 bits per heavy atom. The van der Waals surface area contributed by atoms with Gasteiger partial charge in [-0.15, -0.1) is 11.3 Å². The molecule has 2 heterocycles. The average Bonchev–Trinajstić information content (AvgIpc) is 2.83. The number of aromatic nitrogens is 1. The molecule has 0 radical (unpaired) electrons. The van der Waals surface area contributed by atoms with Crippen molar-refractivity contribution in [3.05, 3.63) is 27.4 Å². The van der Waals surface area contributed by atoms with Crippen LogP contribution in [0.3, 0.4) is 0 Å². The summed E-state index contributed by atoms with van der Waals surface area (Å²) in [5.41, 5.74) is 3.75. The second-order valence-electron chi connectivity index (χ2n) is 3.39. The molecule has 0 aliphatic heterocycles. The van der Waals surface area contributed by atoms with E-state index in [1.165, 1.54) is 11.1 Å². The summed E-state index contributed by atoms with van der Waals surface area (Å²) < 4.78 is 0. The molecule has 0 saturated heterocycles. The van der Waals surface area contributed by atoms with E-state index in [4.69, 9.17) is 0 Å².